The molecule has 0 atom stereocenters. The number of fused-ring (bicyclic) bond motifs is 3. The van der Waals surface area contributed by atoms with Crippen LogP contribution in [0.25, 0.3) is 22.1 Å². The molecule has 2 aromatic carbocycles. The summed E-state index contributed by atoms with van der Waals surface area (Å²) in [7, 11) is 0. The molecule has 0 radical (unpaired) electrons. The Morgan fingerprint density at radius 3 is 2.41 bits per heavy atom. The van der Waals surface area contributed by atoms with E-state index in [4.69, 9.17) is 9.15 Å². The highest BCUT2D eigenvalue weighted by Gasteiger charge is 2.24. The molecule has 1 fully saturated rings. The molecule has 4 aromatic rings. The third-order valence-corrected chi connectivity index (χ3v) is 6.51. The Labute approximate surface area is 211 Å². The lowest BCUT2D eigenvalue weighted by Gasteiger charge is -2.14. The fraction of sp³-hybridized carbons (Fsp3) is 0.333. The lowest BCUT2D eigenvalue weighted by atomic mass is 10.2. The largest absolute Gasteiger partial charge is 0.494 e. The minimum Gasteiger partial charge on any atom is -0.494 e. The molecule has 192 valence electrons. The quantitative estimate of drug-likeness (QED) is 0.380. The van der Waals surface area contributed by atoms with E-state index < -0.39 is 29.6 Å². The van der Waals surface area contributed by atoms with Crippen LogP contribution in [0, 0.1) is 0 Å². The smallest absolute Gasteiger partial charge is 0.332 e. The number of ether oxygens (including phenoxy) is 1. The van der Waals surface area contributed by atoms with Gasteiger partial charge in [0.15, 0.2) is 0 Å². The van der Waals surface area contributed by atoms with E-state index in [-0.39, 0.29) is 23.7 Å². The van der Waals surface area contributed by atoms with E-state index in [1.54, 1.807) is 48.5 Å². The Hall–Kier alpha value is -4.34. The molecule has 2 amide bonds. The summed E-state index contributed by atoms with van der Waals surface area (Å²) in [6.07, 6.45) is 3.82. The van der Waals surface area contributed by atoms with Crippen molar-refractivity contribution in [2.75, 3.05) is 11.9 Å². The summed E-state index contributed by atoms with van der Waals surface area (Å²) in [5, 5.41) is 6.19. The van der Waals surface area contributed by atoms with Gasteiger partial charge in [0.2, 0.25) is 17.4 Å². The van der Waals surface area contributed by atoms with E-state index in [9.17, 15) is 19.2 Å². The molecular formula is C27H28N4O6. The molecule has 0 bridgehead atoms. The summed E-state index contributed by atoms with van der Waals surface area (Å²) < 4.78 is 13.2. The number of amides is 2. The number of rotatable bonds is 8. The van der Waals surface area contributed by atoms with Crippen molar-refractivity contribution in [3.8, 4) is 5.75 Å². The zero-order chi connectivity index (χ0) is 25.9. The summed E-state index contributed by atoms with van der Waals surface area (Å²) in [6.45, 7) is 1.57. The van der Waals surface area contributed by atoms with Crippen molar-refractivity contribution in [2.24, 2.45) is 0 Å². The van der Waals surface area contributed by atoms with Crippen molar-refractivity contribution in [1.82, 2.24) is 14.5 Å². The second-order valence-electron chi connectivity index (χ2n) is 9.09. The number of hydrogen-bond acceptors (Lipinski definition) is 6. The fourth-order valence-corrected chi connectivity index (χ4v) is 4.81. The highest BCUT2D eigenvalue weighted by Crippen LogP contribution is 2.25. The number of hydrogen-bond donors (Lipinski definition) is 2. The molecule has 2 N–H and O–H groups in total. The average Bonchev–Trinajstić information content (AvgIpc) is 3.54. The number of carbonyl (C=O) groups is 2. The van der Waals surface area contributed by atoms with Crippen LogP contribution in [-0.2, 0) is 22.7 Å². The summed E-state index contributed by atoms with van der Waals surface area (Å²) in [6, 6.07) is 13.8. The lowest BCUT2D eigenvalue weighted by Crippen LogP contribution is -2.46. The normalized spacial score (nSPS) is 13.8. The van der Waals surface area contributed by atoms with E-state index in [2.05, 4.69) is 10.6 Å². The van der Waals surface area contributed by atoms with Gasteiger partial charge >= 0.3 is 5.69 Å². The van der Waals surface area contributed by atoms with Crippen molar-refractivity contribution in [3.63, 3.8) is 0 Å². The van der Waals surface area contributed by atoms with Gasteiger partial charge < -0.3 is 19.8 Å². The van der Waals surface area contributed by atoms with E-state index in [1.165, 1.54) is 4.57 Å². The number of para-hydroxylation sites is 1. The van der Waals surface area contributed by atoms with Gasteiger partial charge in [-0.2, -0.15) is 0 Å². The molecule has 1 aliphatic rings. The van der Waals surface area contributed by atoms with E-state index in [0.29, 0.717) is 29.0 Å². The van der Waals surface area contributed by atoms with Crippen LogP contribution in [0.5, 0.6) is 5.75 Å². The fourth-order valence-electron chi connectivity index (χ4n) is 4.81. The first kappa shape index (κ1) is 24.4. The highest BCUT2D eigenvalue weighted by atomic mass is 16.5. The molecule has 0 spiro atoms. The van der Waals surface area contributed by atoms with Crippen molar-refractivity contribution >= 4 is 39.6 Å². The Balaban J connectivity index is 1.50. The molecule has 10 nitrogen and oxygen atoms in total. The maximum atomic E-state index is 13.5. The number of nitrogens with one attached hydrogen (secondary N) is 2. The van der Waals surface area contributed by atoms with Crippen molar-refractivity contribution in [2.45, 2.75) is 51.7 Å². The molecule has 1 aliphatic carbocycles. The third kappa shape index (κ3) is 5.00. The van der Waals surface area contributed by atoms with Crippen LogP contribution in [0.15, 0.2) is 62.5 Å². The molecule has 1 saturated carbocycles. The molecule has 0 unspecified atom stereocenters. The number of anilines is 1. The van der Waals surface area contributed by atoms with E-state index in [1.807, 2.05) is 6.92 Å². The second kappa shape index (κ2) is 10.3. The summed E-state index contributed by atoms with van der Waals surface area (Å²) in [4.78, 5) is 52.5. The first-order valence-electron chi connectivity index (χ1n) is 12.4. The maximum Gasteiger partial charge on any atom is 0.332 e. The van der Waals surface area contributed by atoms with E-state index in [0.717, 1.165) is 30.3 Å². The Kier molecular flexibility index (Phi) is 6.80. The van der Waals surface area contributed by atoms with Crippen LogP contribution in [0.4, 0.5) is 5.69 Å². The van der Waals surface area contributed by atoms with Gasteiger partial charge in [0.25, 0.3) is 5.56 Å². The minimum absolute atomic E-state index is 0.0419. The van der Waals surface area contributed by atoms with Crippen LogP contribution < -0.4 is 26.6 Å². The van der Waals surface area contributed by atoms with Gasteiger partial charge in [-0.1, -0.05) is 25.0 Å². The SMILES string of the molecule is CCOc1ccc(NC(=O)Cn2c(=O)n(CC(=O)NC3CCCC3)c(=O)c3oc4ccccc4c32)cc1. The zero-order valence-corrected chi connectivity index (χ0v) is 20.5. The van der Waals surface area contributed by atoms with Crippen LogP contribution in [0.1, 0.15) is 32.6 Å². The second-order valence-corrected chi connectivity index (χ2v) is 9.09. The molecule has 0 saturated heterocycles. The molecular weight excluding hydrogens is 476 g/mol. The minimum atomic E-state index is -0.757. The number of aromatic nitrogens is 2. The summed E-state index contributed by atoms with van der Waals surface area (Å²) in [5.74, 6) is -0.225. The highest BCUT2D eigenvalue weighted by molar-refractivity contribution is 6.03. The number of nitrogens with zero attached hydrogens (tertiary/aromatic N) is 2. The summed E-state index contributed by atoms with van der Waals surface area (Å²) >= 11 is 0. The zero-order valence-electron chi connectivity index (χ0n) is 20.5. The Bertz CT molecular complexity index is 1580. The van der Waals surface area contributed by atoms with Gasteiger partial charge in [0.1, 0.15) is 29.9 Å². The van der Waals surface area contributed by atoms with Crippen LogP contribution in [-0.4, -0.2) is 33.6 Å². The first-order chi connectivity index (χ1) is 17.9. The molecule has 2 heterocycles. The van der Waals surface area contributed by atoms with Gasteiger partial charge in [0.05, 0.1) is 6.61 Å². The van der Waals surface area contributed by atoms with Gasteiger partial charge in [0, 0.05) is 17.1 Å². The van der Waals surface area contributed by atoms with Crippen LogP contribution >= 0.6 is 0 Å². The predicted octanol–water partition coefficient (Wildman–Crippen LogP) is 3.01. The van der Waals surface area contributed by atoms with Crippen LogP contribution in [0.2, 0.25) is 0 Å². The number of benzene rings is 2. The monoisotopic (exact) mass is 504 g/mol. The van der Waals surface area contributed by atoms with Gasteiger partial charge in [-0.25, -0.2) is 9.36 Å². The van der Waals surface area contributed by atoms with Crippen molar-refractivity contribution < 1.29 is 18.7 Å². The lowest BCUT2D eigenvalue weighted by molar-refractivity contribution is -0.122. The van der Waals surface area contributed by atoms with E-state index >= 15 is 0 Å². The molecule has 5 rings (SSSR count). The number of carbonyl (C=O) groups excluding carboxylic acids is 2. The molecule has 10 heteroatoms. The third-order valence-electron chi connectivity index (χ3n) is 6.51. The van der Waals surface area contributed by atoms with Gasteiger partial charge in [-0.05, 0) is 56.2 Å². The van der Waals surface area contributed by atoms with Gasteiger partial charge in [-0.3, -0.25) is 19.0 Å². The van der Waals surface area contributed by atoms with Crippen molar-refractivity contribution in [1.29, 1.82) is 0 Å². The first-order valence-corrected chi connectivity index (χ1v) is 12.4. The van der Waals surface area contributed by atoms with Crippen LogP contribution in [0.3, 0.4) is 0 Å². The predicted molar refractivity (Wildman–Crippen MR) is 139 cm³/mol. The Morgan fingerprint density at radius 1 is 0.973 bits per heavy atom. The summed E-state index contributed by atoms with van der Waals surface area (Å²) in [5.41, 5.74) is -0.390. The van der Waals surface area contributed by atoms with Gasteiger partial charge in [-0.15, -0.1) is 0 Å². The average molecular weight is 505 g/mol. The molecule has 37 heavy (non-hydrogen) atoms. The topological polar surface area (TPSA) is 125 Å². The number of furan rings is 1. The van der Waals surface area contributed by atoms with Crippen molar-refractivity contribution in [3.05, 3.63) is 69.4 Å². The molecule has 0 aliphatic heterocycles. The Morgan fingerprint density at radius 2 is 1.68 bits per heavy atom. The maximum absolute atomic E-state index is 13.5. The standard InChI is InChI=1S/C27H28N4O6/c1-2-36-19-13-11-18(12-14-19)29-22(32)15-30-24-20-9-5-6-10-21(20)37-25(24)26(34)31(27(30)35)16-23(33)28-17-7-3-4-8-17/h5-6,9-14,17H,2-4,7-8,15-16H2,1H3,(H,28,33)(H,29,32). The molecule has 2 aromatic heterocycles.